The summed E-state index contributed by atoms with van der Waals surface area (Å²) >= 11 is 0. The molecule has 1 aromatic heterocycles. The van der Waals surface area contributed by atoms with Crippen LogP contribution in [0.25, 0.3) is 0 Å². The van der Waals surface area contributed by atoms with E-state index < -0.39 is 0 Å². The molecule has 0 N–H and O–H groups in total. The molecule has 1 heterocycles. The molecule has 0 radical (unpaired) electrons. The van der Waals surface area contributed by atoms with E-state index in [0.717, 1.165) is 17.0 Å². The zero-order valence-corrected chi connectivity index (χ0v) is 10.5. The van der Waals surface area contributed by atoms with E-state index >= 15 is 0 Å². The summed E-state index contributed by atoms with van der Waals surface area (Å²) in [5.41, 5.74) is 3.15. The molecule has 0 atom stereocenters. The molecule has 2 rings (SSSR count). The van der Waals surface area contributed by atoms with Crippen molar-refractivity contribution in [3.63, 3.8) is 0 Å². The van der Waals surface area contributed by atoms with Gasteiger partial charge < -0.3 is 0 Å². The largest absolute Gasteiger partial charge is 0.498 e. The molecule has 0 bridgehead atoms. The predicted molar refractivity (Wildman–Crippen MR) is 66.9 cm³/mol. The molecule has 0 unspecified atom stereocenters. The third kappa shape index (κ3) is 2.28. The van der Waals surface area contributed by atoms with Crippen LogP contribution in [0.4, 0.5) is 0 Å². The van der Waals surface area contributed by atoms with E-state index in [2.05, 4.69) is 0 Å². The Balaban J connectivity index is 2.47. The molecule has 0 saturated heterocycles. The predicted octanol–water partition coefficient (Wildman–Crippen LogP) is 1.34. The Hall–Kier alpha value is -1.90. The highest BCUT2D eigenvalue weighted by Gasteiger charge is 2.14. The molecule has 0 aliphatic carbocycles. The average Bonchev–Trinajstić information content (AvgIpc) is 2.33. The second-order valence-corrected chi connectivity index (χ2v) is 4.34. The smallest absolute Gasteiger partial charge is 0.198 e. The van der Waals surface area contributed by atoms with E-state index in [1.807, 2.05) is 50.2 Å². The van der Waals surface area contributed by atoms with E-state index in [4.69, 9.17) is 0 Å². The zero-order chi connectivity index (χ0) is 12.4. The first-order valence-corrected chi connectivity index (χ1v) is 5.70. The molecule has 0 fully saturated rings. The van der Waals surface area contributed by atoms with Gasteiger partial charge >= 0.3 is 5.69 Å². The third-order valence-electron chi connectivity index (χ3n) is 3.07. The van der Waals surface area contributed by atoms with Crippen molar-refractivity contribution >= 4 is 0 Å². The lowest BCUT2D eigenvalue weighted by Crippen LogP contribution is -2.54. The molecular formula is C14H17N2O+. The van der Waals surface area contributed by atoms with Crippen molar-refractivity contribution in [3.8, 4) is 0 Å². The third-order valence-corrected chi connectivity index (χ3v) is 3.07. The highest BCUT2D eigenvalue weighted by molar-refractivity contribution is 5.16. The van der Waals surface area contributed by atoms with Crippen molar-refractivity contribution < 1.29 is 4.57 Å². The first kappa shape index (κ1) is 11.6. The first-order valence-electron chi connectivity index (χ1n) is 5.70. The minimum absolute atomic E-state index is 0.0337. The van der Waals surface area contributed by atoms with Gasteiger partial charge in [-0.1, -0.05) is 30.3 Å². The van der Waals surface area contributed by atoms with Crippen molar-refractivity contribution in [1.29, 1.82) is 0 Å². The van der Waals surface area contributed by atoms with Crippen LogP contribution in [-0.2, 0) is 13.6 Å². The average molecular weight is 229 g/mol. The summed E-state index contributed by atoms with van der Waals surface area (Å²) in [6.45, 7) is 4.54. The van der Waals surface area contributed by atoms with Gasteiger partial charge in [-0.2, -0.15) is 13.9 Å². The fourth-order valence-corrected chi connectivity index (χ4v) is 1.92. The van der Waals surface area contributed by atoms with Crippen LogP contribution in [0.15, 0.2) is 41.2 Å². The Labute approximate surface area is 101 Å². The van der Waals surface area contributed by atoms with Crippen molar-refractivity contribution in [1.82, 2.24) is 4.57 Å². The quantitative estimate of drug-likeness (QED) is 0.714. The van der Waals surface area contributed by atoms with Crippen molar-refractivity contribution in [2.45, 2.75) is 20.4 Å². The van der Waals surface area contributed by atoms with Crippen LogP contribution in [0, 0.1) is 13.8 Å². The Kier molecular flexibility index (Phi) is 3.09. The van der Waals surface area contributed by atoms with E-state index in [1.165, 1.54) is 0 Å². The highest BCUT2D eigenvalue weighted by atomic mass is 16.1. The summed E-state index contributed by atoms with van der Waals surface area (Å²) in [4.78, 5) is 12.1. The number of aromatic nitrogens is 2. The minimum atomic E-state index is 0.0337. The fraction of sp³-hybridized carbons (Fsp3) is 0.286. The van der Waals surface area contributed by atoms with Crippen LogP contribution in [0.3, 0.4) is 0 Å². The van der Waals surface area contributed by atoms with E-state index in [-0.39, 0.29) is 5.69 Å². The van der Waals surface area contributed by atoms with Crippen LogP contribution in [0.5, 0.6) is 0 Å². The Bertz CT molecular complexity index is 585. The molecule has 0 amide bonds. The maximum Gasteiger partial charge on any atom is 0.498 e. The lowest BCUT2D eigenvalue weighted by Gasteiger charge is -2.06. The summed E-state index contributed by atoms with van der Waals surface area (Å²) < 4.78 is 3.47. The van der Waals surface area contributed by atoms with Crippen LogP contribution in [0.2, 0.25) is 0 Å². The molecule has 1 aromatic carbocycles. The summed E-state index contributed by atoms with van der Waals surface area (Å²) in [5.74, 6) is 0. The van der Waals surface area contributed by atoms with Gasteiger partial charge in [0, 0.05) is 6.07 Å². The SMILES string of the molecule is Cc1cc(C)[n+](C)c(=O)n1Cc1ccccc1. The number of nitrogens with zero attached hydrogens (tertiary/aromatic N) is 2. The summed E-state index contributed by atoms with van der Waals surface area (Å²) in [6.07, 6.45) is 0. The lowest BCUT2D eigenvalue weighted by atomic mass is 10.2. The van der Waals surface area contributed by atoms with Gasteiger partial charge in [0.2, 0.25) is 0 Å². The number of hydrogen-bond acceptors (Lipinski definition) is 1. The van der Waals surface area contributed by atoms with Crippen LogP contribution < -0.4 is 10.3 Å². The van der Waals surface area contributed by atoms with Gasteiger partial charge in [0.25, 0.3) is 0 Å². The van der Waals surface area contributed by atoms with Gasteiger partial charge in [-0.25, -0.2) is 0 Å². The molecule has 88 valence electrons. The molecule has 0 aliphatic rings. The van der Waals surface area contributed by atoms with Gasteiger partial charge in [-0.15, -0.1) is 0 Å². The molecular weight excluding hydrogens is 212 g/mol. The molecule has 0 saturated carbocycles. The van der Waals surface area contributed by atoms with Gasteiger partial charge in [0.1, 0.15) is 17.9 Å². The van der Waals surface area contributed by atoms with Crippen molar-refractivity contribution in [2.75, 3.05) is 0 Å². The first-order chi connectivity index (χ1) is 8.09. The topological polar surface area (TPSA) is 25.9 Å². The maximum absolute atomic E-state index is 12.1. The zero-order valence-electron chi connectivity index (χ0n) is 10.5. The van der Waals surface area contributed by atoms with Gasteiger partial charge in [-0.3, -0.25) is 0 Å². The molecule has 0 aliphatic heterocycles. The Morgan fingerprint density at radius 2 is 1.82 bits per heavy atom. The fourth-order valence-electron chi connectivity index (χ4n) is 1.92. The monoisotopic (exact) mass is 229 g/mol. The van der Waals surface area contributed by atoms with Crippen LogP contribution >= 0.6 is 0 Å². The molecule has 2 aromatic rings. The number of rotatable bonds is 2. The van der Waals surface area contributed by atoms with E-state index in [0.29, 0.717) is 6.54 Å². The second-order valence-electron chi connectivity index (χ2n) is 4.34. The molecule has 3 heteroatoms. The minimum Gasteiger partial charge on any atom is -0.198 e. The standard InChI is InChI=1S/C14H17N2O/c1-11-9-12(2)16(14(17)15(11)3)10-13-7-5-4-6-8-13/h4-9H,10H2,1-3H3/q+1. The normalized spacial score (nSPS) is 10.5. The molecule has 17 heavy (non-hydrogen) atoms. The van der Waals surface area contributed by atoms with Gasteiger partial charge in [0.15, 0.2) is 0 Å². The number of hydrogen-bond donors (Lipinski definition) is 0. The summed E-state index contributed by atoms with van der Waals surface area (Å²) in [5, 5.41) is 0. The second kappa shape index (κ2) is 4.53. The Morgan fingerprint density at radius 3 is 2.47 bits per heavy atom. The molecule has 3 nitrogen and oxygen atoms in total. The number of benzene rings is 1. The van der Waals surface area contributed by atoms with Crippen molar-refractivity contribution in [2.24, 2.45) is 7.05 Å². The van der Waals surface area contributed by atoms with Gasteiger partial charge in [0.05, 0.1) is 7.05 Å². The maximum atomic E-state index is 12.1. The highest BCUT2D eigenvalue weighted by Crippen LogP contribution is 2.03. The molecule has 0 spiro atoms. The summed E-state index contributed by atoms with van der Waals surface area (Å²) in [7, 11) is 1.80. The van der Waals surface area contributed by atoms with E-state index in [9.17, 15) is 4.79 Å². The van der Waals surface area contributed by atoms with Crippen LogP contribution in [-0.4, -0.2) is 4.57 Å². The van der Waals surface area contributed by atoms with Gasteiger partial charge in [-0.05, 0) is 19.4 Å². The lowest BCUT2D eigenvalue weighted by molar-refractivity contribution is -0.697. The number of aryl methyl sites for hydroxylation is 2. The summed E-state index contributed by atoms with van der Waals surface area (Å²) in [6, 6.07) is 12.1. The van der Waals surface area contributed by atoms with Crippen LogP contribution in [0.1, 0.15) is 17.0 Å². The Morgan fingerprint density at radius 1 is 1.18 bits per heavy atom. The van der Waals surface area contributed by atoms with E-state index in [1.54, 1.807) is 16.2 Å². The van der Waals surface area contributed by atoms with Crippen molar-refractivity contribution in [3.05, 3.63) is 63.8 Å².